The lowest BCUT2D eigenvalue weighted by Gasteiger charge is -2.19. The van der Waals surface area contributed by atoms with E-state index in [0.717, 1.165) is 6.40 Å². The molecule has 28 heavy (non-hydrogen) atoms. The lowest BCUT2D eigenvalue weighted by Crippen LogP contribution is -2.21. The van der Waals surface area contributed by atoms with Gasteiger partial charge in [0.25, 0.3) is 6.43 Å². The van der Waals surface area contributed by atoms with Gasteiger partial charge in [-0.1, -0.05) is 27.2 Å². The minimum atomic E-state index is -5.12. The van der Waals surface area contributed by atoms with Gasteiger partial charge in [0.1, 0.15) is 5.69 Å². The molecule has 10 heteroatoms. The highest BCUT2D eigenvalue weighted by Gasteiger charge is 2.41. The van der Waals surface area contributed by atoms with E-state index < -0.39 is 41.2 Å². The second kappa shape index (κ2) is 10.3. The molecule has 1 aromatic heterocycles. The molecule has 0 aliphatic heterocycles. The number of alkyl halides is 5. The lowest BCUT2D eigenvalue weighted by atomic mass is 9.98. The fourth-order valence-electron chi connectivity index (χ4n) is 2.39. The number of hydrogen-bond donors (Lipinski definition) is 0. The third-order valence-corrected chi connectivity index (χ3v) is 3.44. The molecule has 0 spiro atoms. The zero-order chi connectivity index (χ0) is 21.5. The van der Waals surface area contributed by atoms with Crippen LogP contribution in [0.25, 0.3) is 0 Å². The monoisotopic (exact) mass is 410 g/mol. The predicted molar refractivity (Wildman–Crippen MR) is 93.1 cm³/mol. The Hall–Kier alpha value is -2.26. The molecule has 0 unspecified atom stereocenters. The number of hydrogen-bond acceptors (Lipinski definition) is 5. The first-order valence-electron chi connectivity index (χ1n) is 8.77. The molecule has 1 heterocycles. The van der Waals surface area contributed by atoms with Crippen LogP contribution in [-0.4, -0.2) is 30.6 Å². The Kier molecular flexibility index (Phi) is 8.77. The van der Waals surface area contributed by atoms with Gasteiger partial charge in [0.15, 0.2) is 12.1 Å². The first-order valence-corrected chi connectivity index (χ1v) is 8.77. The molecular formula is C18H23F5N2O3. The van der Waals surface area contributed by atoms with Crippen LogP contribution < -0.4 is 0 Å². The number of nitrogens with zero attached hydrogens (tertiary/aromatic N) is 2. The van der Waals surface area contributed by atoms with Crippen LogP contribution in [0.15, 0.2) is 4.99 Å². The largest absolute Gasteiger partial charge is 0.483 e. The molecule has 0 saturated carbocycles. The predicted octanol–water partition coefficient (Wildman–Crippen LogP) is 5.50. The highest BCUT2D eigenvalue weighted by Crippen LogP contribution is 2.40. The average Bonchev–Trinajstić information content (AvgIpc) is 2.57. The molecule has 0 aliphatic carbocycles. The normalized spacial score (nSPS) is 12.2. The maximum absolute atomic E-state index is 13.5. The van der Waals surface area contributed by atoms with E-state index in [9.17, 15) is 26.7 Å². The molecule has 0 fully saturated rings. The highest BCUT2D eigenvalue weighted by molar-refractivity contribution is 5.94. The molecule has 0 saturated heterocycles. The fourth-order valence-corrected chi connectivity index (χ4v) is 2.39. The molecule has 1 rings (SSSR count). The number of carbonyl (C=O) groups excluding carboxylic acids is 1. The quantitative estimate of drug-likeness (QED) is 0.233. The topological polar surface area (TPSA) is 60.8 Å². The third-order valence-electron chi connectivity index (χ3n) is 3.44. The van der Waals surface area contributed by atoms with Crippen LogP contribution in [0.2, 0.25) is 0 Å². The molecule has 0 aliphatic rings. The first kappa shape index (κ1) is 23.8. The smallest absolute Gasteiger partial charge is 0.434 e. The van der Waals surface area contributed by atoms with Crippen molar-refractivity contribution >= 4 is 18.1 Å². The van der Waals surface area contributed by atoms with Gasteiger partial charge in [-0.25, -0.2) is 23.6 Å². The van der Waals surface area contributed by atoms with Crippen LogP contribution in [0.3, 0.4) is 0 Å². The third kappa shape index (κ3) is 6.13. The lowest BCUT2D eigenvalue weighted by molar-refractivity contribution is -0.142. The van der Waals surface area contributed by atoms with Gasteiger partial charge in [-0.05, 0) is 24.8 Å². The van der Waals surface area contributed by atoms with Gasteiger partial charge in [-0.3, -0.25) is 0 Å². The van der Waals surface area contributed by atoms with Gasteiger partial charge in [0, 0.05) is 0 Å². The Morgan fingerprint density at radius 1 is 1.25 bits per heavy atom. The van der Waals surface area contributed by atoms with E-state index in [1.165, 1.54) is 6.92 Å². The molecule has 5 nitrogen and oxygen atoms in total. The Labute approximate surface area is 160 Å². The summed E-state index contributed by atoms with van der Waals surface area (Å²) in [5, 5.41) is 0. The second-order valence-electron chi connectivity index (χ2n) is 6.28. The standard InChI is InChI=1S/C18H23F5N2O3/c1-5-7-11-12(17(26)28-6-2)15(18(21,22)23)25-14(16(19)20)13(11)24-9-27-8-10(3)4/h9-10,16H,5-8H2,1-4H3. The number of aromatic nitrogens is 1. The molecule has 0 amide bonds. The Morgan fingerprint density at radius 3 is 2.36 bits per heavy atom. The summed E-state index contributed by atoms with van der Waals surface area (Å²) in [7, 11) is 0. The Bertz CT molecular complexity index is 703. The van der Waals surface area contributed by atoms with Crippen LogP contribution in [0.4, 0.5) is 27.6 Å². The van der Waals surface area contributed by atoms with E-state index >= 15 is 0 Å². The van der Waals surface area contributed by atoms with Gasteiger partial charge < -0.3 is 9.47 Å². The zero-order valence-corrected chi connectivity index (χ0v) is 16.1. The van der Waals surface area contributed by atoms with Crippen molar-refractivity contribution in [1.82, 2.24) is 4.98 Å². The molecule has 0 radical (unpaired) electrons. The van der Waals surface area contributed by atoms with Gasteiger partial charge in [-0.2, -0.15) is 13.2 Å². The van der Waals surface area contributed by atoms with Crippen molar-refractivity contribution in [2.24, 2.45) is 10.9 Å². The van der Waals surface area contributed by atoms with Gasteiger partial charge in [0.05, 0.1) is 24.5 Å². The number of esters is 1. The van der Waals surface area contributed by atoms with Crippen LogP contribution in [0.5, 0.6) is 0 Å². The second-order valence-corrected chi connectivity index (χ2v) is 6.28. The molecule has 0 aromatic carbocycles. The maximum Gasteiger partial charge on any atom is 0.434 e. The molecule has 0 atom stereocenters. The number of ether oxygens (including phenoxy) is 2. The van der Waals surface area contributed by atoms with Crippen LogP contribution >= 0.6 is 0 Å². The Balaban J connectivity index is 3.74. The first-order chi connectivity index (χ1) is 13.0. The minimum Gasteiger partial charge on any atom is -0.483 e. The van der Waals surface area contributed by atoms with Crippen molar-refractivity contribution in [1.29, 1.82) is 0 Å². The van der Waals surface area contributed by atoms with Gasteiger partial charge in [0.2, 0.25) is 0 Å². The van der Waals surface area contributed by atoms with Gasteiger partial charge >= 0.3 is 12.1 Å². The number of carbonyl (C=O) groups is 1. The summed E-state index contributed by atoms with van der Waals surface area (Å²) in [6.45, 7) is 6.79. The minimum absolute atomic E-state index is 0.101. The van der Waals surface area contributed by atoms with Crippen molar-refractivity contribution < 1.29 is 36.2 Å². The number of rotatable bonds is 9. The zero-order valence-electron chi connectivity index (χ0n) is 16.1. The van der Waals surface area contributed by atoms with Crippen LogP contribution in [0.1, 0.15) is 67.9 Å². The molecule has 158 valence electrons. The van der Waals surface area contributed by atoms with Crippen LogP contribution in [0, 0.1) is 5.92 Å². The van der Waals surface area contributed by atoms with E-state index in [4.69, 9.17) is 9.47 Å². The Morgan fingerprint density at radius 2 is 1.89 bits per heavy atom. The number of aliphatic imine (C=N–C) groups is 1. The summed E-state index contributed by atoms with van der Waals surface area (Å²) in [6, 6.07) is 0. The van der Waals surface area contributed by atoms with E-state index in [1.54, 1.807) is 6.92 Å². The van der Waals surface area contributed by atoms with E-state index in [-0.39, 0.29) is 37.5 Å². The van der Waals surface area contributed by atoms with Crippen molar-refractivity contribution in [2.75, 3.05) is 13.2 Å². The van der Waals surface area contributed by atoms with Crippen molar-refractivity contribution in [3.8, 4) is 0 Å². The maximum atomic E-state index is 13.5. The highest BCUT2D eigenvalue weighted by atomic mass is 19.4. The summed E-state index contributed by atoms with van der Waals surface area (Å²) >= 11 is 0. The van der Waals surface area contributed by atoms with E-state index in [1.807, 2.05) is 13.8 Å². The fraction of sp³-hybridized carbons (Fsp3) is 0.611. The summed E-state index contributed by atoms with van der Waals surface area (Å²) in [6.07, 6.45) is -7.39. The van der Waals surface area contributed by atoms with Crippen molar-refractivity contribution in [3.63, 3.8) is 0 Å². The molecular weight excluding hydrogens is 387 g/mol. The van der Waals surface area contributed by atoms with Crippen molar-refractivity contribution in [2.45, 2.75) is 53.1 Å². The summed E-state index contributed by atoms with van der Waals surface area (Å²) in [5.41, 5.74) is -4.55. The summed E-state index contributed by atoms with van der Waals surface area (Å²) in [5.74, 6) is -1.16. The van der Waals surface area contributed by atoms with E-state index in [0.29, 0.717) is 0 Å². The SMILES string of the molecule is CCCc1c(N=COCC(C)C)c(C(F)F)nc(C(F)(F)F)c1C(=O)OCC. The van der Waals surface area contributed by atoms with E-state index in [2.05, 4.69) is 9.98 Å². The van der Waals surface area contributed by atoms with Crippen LogP contribution in [-0.2, 0) is 22.1 Å². The number of pyridine rings is 1. The summed E-state index contributed by atoms with van der Waals surface area (Å²) in [4.78, 5) is 19.1. The number of halogens is 5. The van der Waals surface area contributed by atoms with Gasteiger partial charge in [-0.15, -0.1) is 0 Å². The van der Waals surface area contributed by atoms with Crippen molar-refractivity contribution in [3.05, 3.63) is 22.5 Å². The molecule has 0 N–H and O–H groups in total. The molecule has 0 bridgehead atoms. The summed E-state index contributed by atoms with van der Waals surface area (Å²) < 4.78 is 77.2. The molecule has 1 aromatic rings. The average molecular weight is 410 g/mol.